The Balaban J connectivity index is 2.09. The molecule has 0 bridgehead atoms. The predicted molar refractivity (Wildman–Crippen MR) is 80.1 cm³/mol. The van der Waals surface area contributed by atoms with E-state index in [4.69, 9.17) is 0 Å². The molecular weight excluding hydrogens is 344 g/mol. The molecule has 0 aliphatic heterocycles. The molecule has 0 spiro atoms. The largest absolute Gasteiger partial charge is 0.435 e. The number of alkyl halides is 3. The van der Waals surface area contributed by atoms with Gasteiger partial charge in [-0.3, -0.25) is 4.79 Å². The van der Waals surface area contributed by atoms with Gasteiger partial charge < -0.3 is 10.1 Å². The highest BCUT2D eigenvalue weighted by molar-refractivity contribution is 9.08. The number of carbonyl (C=O) groups excluding carboxylic acids is 1. The van der Waals surface area contributed by atoms with Crippen molar-refractivity contribution in [1.29, 1.82) is 0 Å². The highest BCUT2D eigenvalue weighted by atomic mass is 79.9. The summed E-state index contributed by atoms with van der Waals surface area (Å²) in [5.41, 5.74) is 2.01. The molecule has 0 heterocycles. The van der Waals surface area contributed by atoms with Crippen molar-refractivity contribution in [3.8, 4) is 5.75 Å². The van der Waals surface area contributed by atoms with Crippen molar-refractivity contribution in [2.45, 2.75) is 11.9 Å². The van der Waals surface area contributed by atoms with Crippen molar-refractivity contribution in [1.82, 2.24) is 0 Å². The highest BCUT2D eigenvalue weighted by Crippen LogP contribution is 2.20. The number of para-hydroxylation sites is 1. The van der Waals surface area contributed by atoms with Gasteiger partial charge in [-0.15, -0.1) is 0 Å². The van der Waals surface area contributed by atoms with Crippen LogP contribution in [-0.4, -0.2) is 12.5 Å². The molecule has 1 N–H and O–H groups in total. The molecule has 110 valence electrons. The minimum Gasteiger partial charge on any atom is -0.435 e. The van der Waals surface area contributed by atoms with Crippen molar-refractivity contribution >= 4 is 27.5 Å². The van der Waals surface area contributed by atoms with Crippen LogP contribution >= 0.6 is 15.9 Å². The highest BCUT2D eigenvalue weighted by Gasteiger charge is 2.10. The van der Waals surface area contributed by atoms with Crippen LogP contribution in [0.2, 0.25) is 0 Å². The Morgan fingerprint density at radius 3 is 2.43 bits per heavy atom. The standard InChI is InChI=1S/C15H12BrF2NO2/c16-9-11-3-1-2-4-13(11)19-14(20)10-5-7-12(8-6-10)21-15(17)18/h1-8,15H,9H2,(H,19,20). The lowest BCUT2D eigenvalue weighted by molar-refractivity contribution is -0.0498. The molecule has 2 rings (SSSR count). The van der Waals surface area contributed by atoms with Gasteiger partial charge >= 0.3 is 6.61 Å². The van der Waals surface area contributed by atoms with Gasteiger partial charge in [0.05, 0.1) is 0 Å². The first-order valence-corrected chi connectivity index (χ1v) is 7.22. The van der Waals surface area contributed by atoms with E-state index in [0.29, 0.717) is 16.6 Å². The average Bonchev–Trinajstić information content (AvgIpc) is 2.48. The van der Waals surface area contributed by atoms with Crippen LogP contribution in [0.4, 0.5) is 14.5 Å². The second-order valence-corrected chi connectivity index (χ2v) is 4.71. The average molecular weight is 356 g/mol. The van der Waals surface area contributed by atoms with Crippen molar-refractivity contribution in [2.24, 2.45) is 0 Å². The van der Waals surface area contributed by atoms with Crippen molar-refractivity contribution in [2.75, 3.05) is 5.32 Å². The monoisotopic (exact) mass is 355 g/mol. The van der Waals surface area contributed by atoms with E-state index in [-0.39, 0.29) is 11.7 Å². The number of carbonyl (C=O) groups is 1. The Morgan fingerprint density at radius 1 is 1.14 bits per heavy atom. The maximum Gasteiger partial charge on any atom is 0.387 e. The predicted octanol–water partition coefficient (Wildman–Crippen LogP) is 4.44. The summed E-state index contributed by atoms with van der Waals surface area (Å²) in [7, 11) is 0. The van der Waals surface area contributed by atoms with Crippen LogP contribution in [-0.2, 0) is 5.33 Å². The molecule has 21 heavy (non-hydrogen) atoms. The Hall–Kier alpha value is -1.95. The van der Waals surface area contributed by atoms with Gasteiger partial charge in [0.2, 0.25) is 0 Å². The smallest absolute Gasteiger partial charge is 0.387 e. The molecule has 3 nitrogen and oxygen atoms in total. The van der Waals surface area contributed by atoms with E-state index in [1.807, 2.05) is 18.2 Å². The number of amides is 1. The zero-order chi connectivity index (χ0) is 15.2. The number of ether oxygens (including phenoxy) is 1. The van der Waals surface area contributed by atoms with E-state index in [1.54, 1.807) is 6.07 Å². The third kappa shape index (κ3) is 4.26. The lowest BCUT2D eigenvalue weighted by Crippen LogP contribution is -2.13. The quantitative estimate of drug-likeness (QED) is 0.805. The topological polar surface area (TPSA) is 38.3 Å². The zero-order valence-electron chi connectivity index (χ0n) is 10.9. The molecule has 0 atom stereocenters. The molecule has 0 saturated heterocycles. The number of hydrogen-bond donors (Lipinski definition) is 1. The van der Waals surface area contributed by atoms with E-state index in [9.17, 15) is 13.6 Å². The zero-order valence-corrected chi connectivity index (χ0v) is 12.4. The second kappa shape index (κ2) is 7.17. The number of hydrogen-bond acceptors (Lipinski definition) is 2. The Bertz CT molecular complexity index is 617. The van der Waals surface area contributed by atoms with E-state index >= 15 is 0 Å². The van der Waals surface area contributed by atoms with Gasteiger partial charge in [0.1, 0.15) is 5.75 Å². The van der Waals surface area contributed by atoms with Gasteiger partial charge in [-0.05, 0) is 35.9 Å². The summed E-state index contributed by atoms with van der Waals surface area (Å²) in [4.78, 5) is 12.1. The number of rotatable bonds is 5. The van der Waals surface area contributed by atoms with Crippen molar-refractivity contribution < 1.29 is 18.3 Å². The third-order valence-corrected chi connectivity index (χ3v) is 3.36. The fourth-order valence-corrected chi connectivity index (χ4v) is 2.23. The molecular formula is C15H12BrF2NO2. The van der Waals surface area contributed by atoms with Gasteiger partial charge in [-0.2, -0.15) is 8.78 Å². The van der Waals surface area contributed by atoms with Crippen LogP contribution < -0.4 is 10.1 Å². The van der Waals surface area contributed by atoms with Crippen LogP contribution in [0.1, 0.15) is 15.9 Å². The summed E-state index contributed by atoms with van der Waals surface area (Å²) in [6, 6.07) is 12.9. The van der Waals surface area contributed by atoms with E-state index < -0.39 is 6.61 Å². The van der Waals surface area contributed by atoms with Crippen LogP contribution in [0.15, 0.2) is 48.5 Å². The number of benzene rings is 2. The summed E-state index contributed by atoms with van der Waals surface area (Å²) in [6.45, 7) is -2.88. The molecule has 6 heteroatoms. The van der Waals surface area contributed by atoms with Crippen LogP contribution in [0, 0.1) is 0 Å². The minimum atomic E-state index is -2.88. The Kier molecular flexibility index (Phi) is 5.27. The van der Waals surface area contributed by atoms with Crippen LogP contribution in [0.3, 0.4) is 0 Å². The van der Waals surface area contributed by atoms with Gasteiger partial charge in [0, 0.05) is 16.6 Å². The summed E-state index contributed by atoms with van der Waals surface area (Å²) < 4.78 is 28.3. The molecule has 0 unspecified atom stereocenters. The molecule has 2 aromatic carbocycles. The van der Waals surface area contributed by atoms with Gasteiger partial charge in [-0.25, -0.2) is 0 Å². The minimum absolute atomic E-state index is 0.0161. The lowest BCUT2D eigenvalue weighted by atomic mass is 10.1. The van der Waals surface area contributed by atoms with E-state index in [0.717, 1.165) is 5.56 Å². The maximum atomic E-state index is 12.1. The number of nitrogens with one attached hydrogen (secondary N) is 1. The summed E-state index contributed by atoms with van der Waals surface area (Å²) in [5.74, 6) is -0.297. The summed E-state index contributed by atoms with van der Waals surface area (Å²) in [5, 5.41) is 3.40. The van der Waals surface area contributed by atoms with Gasteiger partial charge in [-0.1, -0.05) is 34.1 Å². The molecule has 1 amide bonds. The first-order valence-electron chi connectivity index (χ1n) is 6.10. The SMILES string of the molecule is O=C(Nc1ccccc1CBr)c1ccc(OC(F)F)cc1. The molecule has 0 aliphatic rings. The van der Waals surface area contributed by atoms with Crippen LogP contribution in [0.5, 0.6) is 5.75 Å². The number of anilines is 1. The van der Waals surface area contributed by atoms with Gasteiger partial charge in [0.15, 0.2) is 0 Å². The van der Waals surface area contributed by atoms with E-state index in [2.05, 4.69) is 26.0 Å². The van der Waals surface area contributed by atoms with Gasteiger partial charge in [0.25, 0.3) is 5.91 Å². The second-order valence-electron chi connectivity index (χ2n) is 4.15. The van der Waals surface area contributed by atoms with E-state index in [1.165, 1.54) is 24.3 Å². The van der Waals surface area contributed by atoms with Crippen LogP contribution in [0.25, 0.3) is 0 Å². The first-order chi connectivity index (χ1) is 10.1. The summed E-state index contributed by atoms with van der Waals surface area (Å²) >= 11 is 3.35. The third-order valence-electron chi connectivity index (χ3n) is 2.75. The molecule has 0 aromatic heterocycles. The molecule has 0 radical (unpaired) electrons. The molecule has 0 aliphatic carbocycles. The fraction of sp³-hybridized carbons (Fsp3) is 0.133. The molecule has 2 aromatic rings. The number of halogens is 3. The Morgan fingerprint density at radius 2 is 1.81 bits per heavy atom. The van der Waals surface area contributed by atoms with Crippen molar-refractivity contribution in [3.63, 3.8) is 0 Å². The normalized spacial score (nSPS) is 10.5. The summed E-state index contributed by atoms with van der Waals surface area (Å²) in [6.07, 6.45) is 0. The maximum absolute atomic E-state index is 12.1. The molecule has 0 fully saturated rings. The van der Waals surface area contributed by atoms with Crippen molar-refractivity contribution in [3.05, 3.63) is 59.7 Å². The Labute approximate surface area is 129 Å². The lowest BCUT2D eigenvalue weighted by Gasteiger charge is -2.10. The molecule has 0 saturated carbocycles. The fourth-order valence-electron chi connectivity index (χ4n) is 1.74. The first kappa shape index (κ1) is 15.4.